The molecule has 1 aromatic carbocycles. The Morgan fingerprint density at radius 3 is 2.77 bits per heavy atom. The number of aromatic nitrogens is 1. The number of sulfone groups is 1. The zero-order valence-electron chi connectivity index (χ0n) is 14.6. The summed E-state index contributed by atoms with van der Waals surface area (Å²) in [6, 6.07) is 11.9. The molecule has 0 radical (unpaired) electrons. The Labute approximate surface area is 171 Å². The number of hydrogen-bond acceptors (Lipinski definition) is 5. The van der Waals surface area contributed by atoms with Crippen molar-refractivity contribution >= 4 is 56.5 Å². The fourth-order valence-corrected chi connectivity index (χ4v) is 4.51. The molecule has 3 N–H and O–H groups in total. The van der Waals surface area contributed by atoms with Gasteiger partial charge in [-0.1, -0.05) is 18.2 Å². The van der Waals surface area contributed by atoms with E-state index < -0.39 is 9.84 Å². The van der Waals surface area contributed by atoms with Crippen LogP contribution in [0.3, 0.4) is 0 Å². The van der Waals surface area contributed by atoms with E-state index in [0.717, 1.165) is 16.7 Å². The van der Waals surface area contributed by atoms with Crippen molar-refractivity contribution in [2.45, 2.75) is 12.5 Å². The average molecular weight is 489 g/mol. The van der Waals surface area contributed by atoms with Crippen LogP contribution in [0.2, 0.25) is 0 Å². The molecule has 9 heteroatoms. The third kappa shape index (κ3) is 5.70. The number of pyridine rings is 1. The molecule has 0 saturated carbocycles. The van der Waals surface area contributed by atoms with Crippen LogP contribution in [-0.2, 0) is 9.84 Å². The van der Waals surface area contributed by atoms with E-state index >= 15 is 0 Å². The highest BCUT2D eigenvalue weighted by Gasteiger charge is 2.28. The Morgan fingerprint density at radius 1 is 1.23 bits per heavy atom. The Balaban J connectivity index is 0.00000243. The van der Waals surface area contributed by atoms with Gasteiger partial charge in [-0.3, -0.25) is 4.99 Å². The molecule has 0 amide bonds. The van der Waals surface area contributed by atoms with E-state index in [-0.39, 0.29) is 41.5 Å². The summed E-state index contributed by atoms with van der Waals surface area (Å²) in [7, 11) is -1.22. The number of para-hydroxylation sites is 1. The van der Waals surface area contributed by atoms with E-state index in [1.54, 1.807) is 7.05 Å². The van der Waals surface area contributed by atoms with Gasteiger partial charge in [-0.15, -0.1) is 24.0 Å². The van der Waals surface area contributed by atoms with Crippen LogP contribution in [0.25, 0.3) is 10.9 Å². The topological polar surface area (TPSA) is 95.5 Å². The molecule has 0 bridgehead atoms. The van der Waals surface area contributed by atoms with Gasteiger partial charge < -0.3 is 16.0 Å². The van der Waals surface area contributed by atoms with Crippen LogP contribution in [0.1, 0.15) is 6.42 Å². The number of hydrogen-bond donors (Lipinski definition) is 3. The second kappa shape index (κ2) is 9.36. The van der Waals surface area contributed by atoms with Gasteiger partial charge in [0.15, 0.2) is 15.8 Å². The first-order valence-corrected chi connectivity index (χ1v) is 10.2. The highest BCUT2D eigenvalue weighted by atomic mass is 127. The smallest absolute Gasteiger partial charge is 0.191 e. The molecule has 1 saturated heterocycles. The van der Waals surface area contributed by atoms with E-state index in [0.29, 0.717) is 25.5 Å². The zero-order chi connectivity index (χ0) is 17.7. The van der Waals surface area contributed by atoms with Crippen LogP contribution in [0.4, 0.5) is 5.82 Å². The number of aliphatic imine (C=N–C) groups is 1. The van der Waals surface area contributed by atoms with Gasteiger partial charge in [-0.05, 0) is 24.6 Å². The first-order chi connectivity index (χ1) is 12.1. The summed E-state index contributed by atoms with van der Waals surface area (Å²) in [5.74, 6) is 1.87. The molecule has 1 aliphatic heterocycles. The number of rotatable bonds is 5. The molecular weight excluding hydrogens is 465 g/mol. The van der Waals surface area contributed by atoms with Gasteiger partial charge in [0.25, 0.3) is 0 Å². The van der Waals surface area contributed by atoms with Crippen LogP contribution in [0.5, 0.6) is 0 Å². The van der Waals surface area contributed by atoms with Crippen molar-refractivity contribution in [3.05, 3.63) is 36.4 Å². The molecular formula is C17H24IN5O2S. The van der Waals surface area contributed by atoms with Crippen molar-refractivity contribution in [2.75, 3.05) is 37.0 Å². The first-order valence-electron chi connectivity index (χ1n) is 8.33. The van der Waals surface area contributed by atoms with Crippen LogP contribution >= 0.6 is 24.0 Å². The highest BCUT2D eigenvalue weighted by Crippen LogP contribution is 2.14. The molecule has 3 rings (SSSR count). The van der Waals surface area contributed by atoms with Gasteiger partial charge >= 0.3 is 0 Å². The minimum absolute atomic E-state index is 0. The number of guanidine groups is 1. The first kappa shape index (κ1) is 20.7. The van der Waals surface area contributed by atoms with Crippen molar-refractivity contribution in [3.63, 3.8) is 0 Å². The van der Waals surface area contributed by atoms with Crippen molar-refractivity contribution < 1.29 is 8.42 Å². The summed E-state index contributed by atoms with van der Waals surface area (Å²) in [5.41, 5.74) is 0.959. The molecule has 0 spiro atoms. The minimum Gasteiger partial charge on any atom is -0.368 e. The normalized spacial score (nSPS) is 19.0. The molecule has 7 nitrogen and oxygen atoms in total. The van der Waals surface area contributed by atoms with Crippen molar-refractivity contribution in [1.82, 2.24) is 15.6 Å². The summed E-state index contributed by atoms with van der Waals surface area (Å²) >= 11 is 0. The number of nitrogens with zero attached hydrogens (tertiary/aromatic N) is 2. The lowest BCUT2D eigenvalue weighted by Crippen LogP contribution is -2.45. The largest absolute Gasteiger partial charge is 0.368 e. The number of fused-ring (bicyclic) bond motifs is 1. The van der Waals surface area contributed by atoms with Gasteiger partial charge in [0, 0.05) is 31.6 Å². The van der Waals surface area contributed by atoms with E-state index in [1.807, 2.05) is 36.4 Å². The molecule has 1 aliphatic rings. The lowest BCUT2D eigenvalue weighted by Gasteiger charge is -2.16. The lowest BCUT2D eigenvalue weighted by atomic mass is 10.2. The Bertz CT molecular complexity index is 872. The highest BCUT2D eigenvalue weighted by molar-refractivity contribution is 14.0. The van der Waals surface area contributed by atoms with Crippen LogP contribution in [-0.4, -0.2) is 57.0 Å². The molecule has 26 heavy (non-hydrogen) atoms. The van der Waals surface area contributed by atoms with Crippen molar-refractivity contribution in [3.8, 4) is 0 Å². The fraction of sp³-hybridized carbons (Fsp3) is 0.412. The monoisotopic (exact) mass is 489 g/mol. The quantitative estimate of drug-likeness (QED) is 0.256. The predicted molar refractivity (Wildman–Crippen MR) is 117 cm³/mol. The van der Waals surface area contributed by atoms with Gasteiger partial charge in [0.05, 0.1) is 17.0 Å². The molecule has 142 valence electrons. The number of benzene rings is 1. The number of anilines is 1. The van der Waals surface area contributed by atoms with Gasteiger partial charge in [-0.2, -0.15) is 0 Å². The molecule has 1 unspecified atom stereocenters. The lowest BCUT2D eigenvalue weighted by molar-refractivity contribution is 0.599. The van der Waals surface area contributed by atoms with E-state index in [2.05, 4.69) is 25.9 Å². The zero-order valence-corrected chi connectivity index (χ0v) is 17.8. The second-order valence-electron chi connectivity index (χ2n) is 6.06. The van der Waals surface area contributed by atoms with E-state index in [4.69, 9.17) is 0 Å². The molecule has 0 aliphatic carbocycles. The third-order valence-corrected chi connectivity index (χ3v) is 5.89. The molecule has 1 atom stereocenters. The maximum atomic E-state index is 11.5. The maximum Gasteiger partial charge on any atom is 0.191 e. The summed E-state index contributed by atoms with van der Waals surface area (Å²) in [6.07, 6.45) is 0.627. The summed E-state index contributed by atoms with van der Waals surface area (Å²) in [6.45, 7) is 1.32. The average Bonchev–Trinajstić information content (AvgIpc) is 2.96. The Morgan fingerprint density at radius 2 is 2.04 bits per heavy atom. The van der Waals surface area contributed by atoms with E-state index in [9.17, 15) is 8.42 Å². The standard InChI is InChI=1S/C17H23N5O2S.HI/c1-18-17(21-14-8-11-25(23,24)12-14)20-10-9-19-16-7-6-13-4-2-3-5-15(13)22-16;/h2-7,14H,8-12H2,1H3,(H,19,22)(H2,18,20,21);1H. The SMILES string of the molecule is CN=C(NCCNc1ccc2ccccc2n1)NC1CCS(=O)(=O)C1.I. The van der Waals surface area contributed by atoms with Crippen molar-refractivity contribution in [1.29, 1.82) is 0 Å². The summed E-state index contributed by atoms with van der Waals surface area (Å²) in [4.78, 5) is 8.70. The van der Waals surface area contributed by atoms with Crippen LogP contribution in [0.15, 0.2) is 41.4 Å². The van der Waals surface area contributed by atoms with Gasteiger partial charge in [0.2, 0.25) is 0 Å². The third-order valence-electron chi connectivity index (χ3n) is 4.12. The second-order valence-corrected chi connectivity index (χ2v) is 8.29. The Hall–Kier alpha value is -1.62. The fourth-order valence-electron chi connectivity index (χ4n) is 2.83. The Kier molecular flexibility index (Phi) is 7.44. The van der Waals surface area contributed by atoms with Crippen LogP contribution < -0.4 is 16.0 Å². The van der Waals surface area contributed by atoms with Crippen LogP contribution in [0, 0.1) is 0 Å². The minimum atomic E-state index is -2.89. The summed E-state index contributed by atoms with van der Waals surface area (Å²) < 4.78 is 23.0. The molecule has 2 aromatic rings. The maximum absolute atomic E-state index is 11.5. The molecule has 1 fully saturated rings. The summed E-state index contributed by atoms with van der Waals surface area (Å²) in [5, 5.41) is 10.7. The van der Waals surface area contributed by atoms with E-state index in [1.165, 1.54) is 0 Å². The van der Waals surface area contributed by atoms with Gasteiger partial charge in [-0.25, -0.2) is 13.4 Å². The molecule has 1 aromatic heterocycles. The van der Waals surface area contributed by atoms with Gasteiger partial charge in [0.1, 0.15) is 5.82 Å². The molecule has 2 heterocycles. The van der Waals surface area contributed by atoms with Crippen molar-refractivity contribution in [2.24, 2.45) is 4.99 Å². The number of halogens is 1. The number of nitrogens with one attached hydrogen (secondary N) is 3. The predicted octanol–water partition coefficient (Wildman–Crippen LogP) is 1.62.